The van der Waals surface area contributed by atoms with Gasteiger partial charge in [-0.05, 0) is 19.4 Å². The molecule has 1 aliphatic rings. The minimum atomic E-state index is -0.632. The Kier molecular flexibility index (Phi) is 4.22. The first kappa shape index (κ1) is 15.0. The largest absolute Gasteiger partial charge is 0.409 e. The molecule has 114 valence electrons. The predicted octanol–water partition coefficient (Wildman–Crippen LogP) is 0.291. The van der Waals surface area contributed by atoms with Crippen molar-refractivity contribution < 1.29 is 15.2 Å². The van der Waals surface area contributed by atoms with Crippen molar-refractivity contribution in [3.05, 3.63) is 27.9 Å². The summed E-state index contributed by atoms with van der Waals surface area (Å²) in [6.07, 6.45) is 0.395. The molecule has 21 heavy (non-hydrogen) atoms. The van der Waals surface area contributed by atoms with E-state index < -0.39 is 16.9 Å². The number of aliphatic hydroxyl groups is 1. The van der Waals surface area contributed by atoms with Crippen molar-refractivity contribution in [3.8, 4) is 0 Å². The lowest BCUT2D eigenvalue weighted by molar-refractivity contribution is -0.385. The van der Waals surface area contributed by atoms with E-state index in [1.165, 1.54) is 12.1 Å². The fraction of sp³-hybridized carbons (Fsp3) is 0.500. The lowest BCUT2D eigenvalue weighted by Crippen LogP contribution is -2.26. The molecule has 2 unspecified atom stereocenters. The molecule has 0 saturated carbocycles. The van der Waals surface area contributed by atoms with E-state index >= 15 is 0 Å². The van der Waals surface area contributed by atoms with E-state index in [1.54, 1.807) is 6.92 Å². The van der Waals surface area contributed by atoms with E-state index in [2.05, 4.69) is 10.1 Å². The van der Waals surface area contributed by atoms with Gasteiger partial charge in [0.2, 0.25) is 0 Å². The molecular weight excluding hydrogens is 278 g/mol. The SMILES string of the molecule is CC(O)C1CCN(c2ccc([N+](=O)[O-])c(/C(N)=N/O)n2)C1. The van der Waals surface area contributed by atoms with E-state index in [0.29, 0.717) is 18.9 Å². The molecular formula is C12H17N5O4. The van der Waals surface area contributed by atoms with Crippen molar-refractivity contribution in [3.63, 3.8) is 0 Å². The summed E-state index contributed by atoms with van der Waals surface area (Å²) < 4.78 is 0. The zero-order valence-corrected chi connectivity index (χ0v) is 11.5. The number of nitrogens with zero attached hydrogens (tertiary/aromatic N) is 4. The number of oxime groups is 1. The summed E-state index contributed by atoms with van der Waals surface area (Å²) >= 11 is 0. The topological polar surface area (TPSA) is 138 Å². The summed E-state index contributed by atoms with van der Waals surface area (Å²) in [5.74, 6) is 0.231. The Hall–Kier alpha value is -2.42. The molecule has 9 heteroatoms. The second-order valence-electron chi connectivity index (χ2n) is 5.01. The molecule has 0 amide bonds. The van der Waals surface area contributed by atoms with Crippen molar-refractivity contribution in [2.75, 3.05) is 18.0 Å². The van der Waals surface area contributed by atoms with Crippen molar-refractivity contribution in [1.29, 1.82) is 0 Å². The number of aromatic nitrogens is 1. The van der Waals surface area contributed by atoms with Crippen molar-refractivity contribution >= 4 is 17.3 Å². The van der Waals surface area contributed by atoms with Crippen LogP contribution in [0.15, 0.2) is 17.3 Å². The van der Waals surface area contributed by atoms with Gasteiger partial charge in [0.05, 0.1) is 11.0 Å². The van der Waals surface area contributed by atoms with Gasteiger partial charge in [0.25, 0.3) is 5.69 Å². The molecule has 9 nitrogen and oxygen atoms in total. The predicted molar refractivity (Wildman–Crippen MR) is 75.4 cm³/mol. The van der Waals surface area contributed by atoms with Crippen LogP contribution in [-0.4, -0.2) is 45.3 Å². The summed E-state index contributed by atoms with van der Waals surface area (Å²) in [7, 11) is 0. The first-order valence-electron chi connectivity index (χ1n) is 6.50. The Balaban J connectivity index is 2.33. The third-order valence-corrected chi connectivity index (χ3v) is 3.64. The number of nitro groups is 1. The standard InChI is InChI=1S/C12H17N5O4/c1-7(18)8-4-5-16(6-8)10-3-2-9(17(20)21)11(14-10)12(13)15-19/h2-3,7-8,18-19H,4-6H2,1H3,(H2,13,15). The van der Waals surface area contributed by atoms with Crippen LogP contribution in [0.3, 0.4) is 0 Å². The maximum atomic E-state index is 10.9. The lowest BCUT2D eigenvalue weighted by atomic mass is 10.0. The Morgan fingerprint density at radius 1 is 1.67 bits per heavy atom. The summed E-state index contributed by atoms with van der Waals surface area (Å²) in [5, 5.41) is 32.0. The third kappa shape index (κ3) is 3.02. The number of amidine groups is 1. The number of anilines is 1. The zero-order valence-electron chi connectivity index (χ0n) is 11.5. The highest BCUT2D eigenvalue weighted by Crippen LogP contribution is 2.27. The zero-order chi connectivity index (χ0) is 15.6. The number of nitrogens with two attached hydrogens (primary N) is 1. The van der Waals surface area contributed by atoms with Crippen LogP contribution < -0.4 is 10.6 Å². The highest BCUT2D eigenvalue weighted by atomic mass is 16.6. The van der Waals surface area contributed by atoms with Gasteiger partial charge in [0.1, 0.15) is 5.82 Å². The molecule has 1 aromatic heterocycles. The quantitative estimate of drug-likeness (QED) is 0.238. The minimum absolute atomic E-state index is 0.134. The van der Waals surface area contributed by atoms with Gasteiger partial charge in [0, 0.05) is 25.1 Å². The lowest BCUT2D eigenvalue weighted by Gasteiger charge is -2.19. The van der Waals surface area contributed by atoms with Gasteiger partial charge < -0.3 is 20.9 Å². The van der Waals surface area contributed by atoms with Gasteiger partial charge >= 0.3 is 0 Å². The van der Waals surface area contributed by atoms with E-state index in [9.17, 15) is 15.2 Å². The van der Waals surface area contributed by atoms with Crippen LogP contribution in [0.2, 0.25) is 0 Å². The molecule has 0 spiro atoms. The fourth-order valence-corrected chi connectivity index (χ4v) is 2.39. The van der Waals surface area contributed by atoms with E-state index in [1.807, 2.05) is 4.90 Å². The van der Waals surface area contributed by atoms with Crippen LogP contribution in [0, 0.1) is 16.0 Å². The third-order valence-electron chi connectivity index (χ3n) is 3.64. The molecule has 2 heterocycles. The average Bonchev–Trinajstić information content (AvgIpc) is 2.95. The van der Waals surface area contributed by atoms with Crippen molar-refractivity contribution in [2.45, 2.75) is 19.4 Å². The first-order valence-corrected chi connectivity index (χ1v) is 6.50. The molecule has 0 aliphatic carbocycles. The normalized spacial score (nSPS) is 20.6. The number of hydrogen-bond donors (Lipinski definition) is 3. The molecule has 0 bridgehead atoms. The Bertz CT molecular complexity index is 575. The molecule has 2 atom stereocenters. The van der Waals surface area contributed by atoms with Gasteiger partial charge in [-0.15, -0.1) is 0 Å². The molecule has 0 radical (unpaired) electrons. The molecule has 0 aromatic carbocycles. The molecule has 4 N–H and O–H groups in total. The van der Waals surface area contributed by atoms with Crippen LogP contribution >= 0.6 is 0 Å². The smallest absolute Gasteiger partial charge is 0.298 e. The van der Waals surface area contributed by atoms with Gasteiger partial charge in [-0.2, -0.15) is 0 Å². The van der Waals surface area contributed by atoms with Gasteiger partial charge in [-0.1, -0.05) is 5.16 Å². The van der Waals surface area contributed by atoms with E-state index in [0.717, 1.165) is 6.42 Å². The number of rotatable bonds is 4. The van der Waals surface area contributed by atoms with Crippen LogP contribution in [0.25, 0.3) is 0 Å². The first-order chi connectivity index (χ1) is 9.93. The molecule has 1 fully saturated rings. The minimum Gasteiger partial charge on any atom is -0.409 e. The summed E-state index contributed by atoms with van der Waals surface area (Å²) in [6, 6.07) is 2.81. The Morgan fingerprint density at radius 2 is 2.38 bits per heavy atom. The summed E-state index contributed by atoms with van der Waals surface area (Å²) in [5.41, 5.74) is 4.97. The maximum absolute atomic E-state index is 10.9. The van der Waals surface area contributed by atoms with E-state index in [-0.39, 0.29) is 17.3 Å². The van der Waals surface area contributed by atoms with Gasteiger partial charge in [-0.25, -0.2) is 4.98 Å². The molecule has 1 aromatic rings. The van der Waals surface area contributed by atoms with Crippen molar-refractivity contribution in [1.82, 2.24) is 4.98 Å². The van der Waals surface area contributed by atoms with Crippen LogP contribution in [0.4, 0.5) is 11.5 Å². The second-order valence-corrected chi connectivity index (χ2v) is 5.01. The molecule has 1 aliphatic heterocycles. The van der Waals surface area contributed by atoms with Crippen LogP contribution in [-0.2, 0) is 0 Å². The molecule has 2 rings (SSSR count). The van der Waals surface area contributed by atoms with Crippen molar-refractivity contribution in [2.24, 2.45) is 16.8 Å². The van der Waals surface area contributed by atoms with Crippen LogP contribution in [0.5, 0.6) is 0 Å². The fourth-order valence-electron chi connectivity index (χ4n) is 2.39. The number of aliphatic hydroxyl groups excluding tert-OH is 1. The summed E-state index contributed by atoms with van der Waals surface area (Å²) in [6.45, 7) is 3.04. The number of hydrogen-bond acceptors (Lipinski definition) is 7. The Labute approximate surface area is 120 Å². The molecule has 1 saturated heterocycles. The summed E-state index contributed by atoms with van der Waals surface area (Å²) in [4.78, 5) is 16.3. The van der Waals surface area contributed by atoms with Crippen LogP contribution in [0.1, 0.15) is 19.0 Å². The number of pyridine rings is 1. The highest BCUT2D eigenvalue weighted by molar-refractivity contribution is 5.99. The maximum Gasteiger partial charge on any atom is 0.298 e. The average molecular weight is 295 g/mol. The second kappa shape index (κ2) is 5.92. The van der Waals surface area contributed by atoms with Gasteiger partial charge in [-0.3, -0.25) is 10.1 Å². The van der Waals surface area contributed by atoms with E-state index in [4.69, 9.17) is 10.9 Å². The highest BCUT2D eigenvalue weighted by Gasteiger charge is 2.28. The Morgan fingerprint density at radius 3 is 2.90 bits per heavy atom. The van der Waals surface area contributed by atoms with Gasteiger partial charge in [0.15, 0.2) is 11.5 Å². The monoisotopic (exact) mass is 295 g/mol.